The summed E-state index contributed by atoms with van der Waals surface area (Å²) in [7, 11) is 0. The lowest BCUT2D eigenvalue weighted by Crippen LogP contribution is -2.28. The molecule has 0 aliphatic carbocycles. The summed E-state index contributed by atoms with van der Waals surface area (Å²) in [5, 5.41) is 0. The molecule has 0 aromatic heterocycles. The van der Waals surface area contributed by atoms with Gasteiger partial charge in [0.2, 0.25) is 0 Å². The van der Waals surface area contributed by atoms with Crippen molar-refractivity contribution in [1.29, 1.82) is 0 Å². The molecule has 0 spiro atoms. The van der Waals surface area contributed by atoms with E-state index in [1.54, 1.807) is 0 Å². The summed E-state index contributed by atoms with van der Waals surface area (Å²) in [4.78, 5) is 2.58. The number of likely N-dealkylation sites (tertiary alicyclic amines) is 1. The van der Waals surface area contributed by atoms with E-state index in [1.165, 1.54) is 18.4 Å². The molecule has 0 radical (unpaired) electrons. The molecule has 1 fully saturated rings. The third kappa shape index (κ3) is 3.53. The Hall–Kier alpha value is -1.06. The number of hydrogen-bond acceptors (Lipinski definition) is 3. The highest BCUT2D eigenvalue weighted by Gasteiger charge is 2.33. The molecule has 3 nitrogen and oxygen atoms in total. The summed E-state index contributed by atoms with van der Waals surface area (Å²) in [5.41, 5.74) is 7.33. The van der Waals surface area contributed by atoms with Gasteiger partial charge < -0.3 is 10.5 Å². The zero-order valence-electron chi connectivity index (χ0n) is 13.0. The molecular formula is C17H28N2O. The average molecular weight is 276 g/mol. The molecule has 0 saturated carbocycles. The Balaban J connectivity index is 2.22. The maximum absolute atomic E-state index is 5.98. The van der Waals surface area contributed by atoms with Crippen LogP contribution in [0.4, 0.5) is 0 Å². The molecule has 0 bridgehead atoms. The van der Waals surface area contributed by atoms with Gasteiger partial charge in [0.05, 0.1) is 6.10 Å². The van der Waals surface area contributed by atoms with E-state index in [1.807, 2.05) is 6.07 Å². The lowest BCUT2D eigenvalue weighted by Gasteiger charge is -2.28. The first kappa shape index (κ1) is 15.3. The van der Waals surface area contributed by atoms with Crippen molar-refractivity contribution >= 4 is 0 Å². The second-order valence-electron chi connectivity index (χ2n) is 6.00. The Labute approximate surface area is 123 Å². The Bertz CT molecular complexity index is 419. The van der Waals surface area contributed by atoms with Crippen LogP contribution in [0.5, 0.6) is 5.75 Å². The van der Waals surface area contributed by atoms with Crippen LogP contribution in [0.3, 0.4) is 0 Å². The van der Waals surface area contributed by atoms with E-state index in [-0.39, 0.29) is 6.10 Å². The van der Waals surface area contributed by atoms with Crippen molar-refractivity contribution in [2.75, 3.05) is 19.6 Å². The van der Waals surface area contributed by atoms with E-state index in [0.29, 0.717) is 12.0 Å². The summed E-state index contributed by atoms with van der Waals surface area (Å²) < 4.78 is 5.83. The predicted molar refractivity (Wildman–Crippen MR) is 84.0 cm³/mol. The van der Waals surface area contributed by atoms with Crippen molar-refractivity contribution in [3.63, 3.8) is 0 Å². The summed E-state index contributed by atoms with van der Waals surface area (Å²) in [5.74, 6) is 1.53. The lowest BCUT2D eigenvalue weighted by molar-refractivity contribution is 0.225. The Kier molecular flexibility index (Phi) is 5.44. The molecule has 1 aromatic rings. The number of nitrogens with zero attached hydrogens (tertiary/aromatic N) is 1. The van der Waals surface area contributed by atoms with Gasteiger partial charge in [0.15, 0.2) is 0 Å². The third-order valence-electron chi connectivity index (χ3n) is 4.01. The highest BCUT2D eigenvalue weighted by molar-refractivity contribution is 5.32. The molecule has 112 valence electrons. The number of rotatable bonds is 6. The zero-order chi connectivity index (χ0) is 14.5. The molecule has 2 rings (SSSR count). The standard InChI is InChI=1S/C17H28N2O/c1-4-9-19-10-8-15(12-18)17(19)14-6-5-7-16(11-14)20-13(2)3/h5-7,11,13,15,17H,4,8-10,12,18H2,1-3H3. The van der Waals surface area contributed by atoms with Crippen molar-refractivity contribution in [2.45, 2.75) is 45.8 Å². The fourth-order valence-corrected chi connectivity index (χ4v) is 3.24. The molecule has 2 unspecified atom stereocenters. The van der Waals surface area contributed by atoms with Crippen LogP contribution in [0.1, 0.15) is 45.2 Å². The highest BCUT2D eigenvalue weighted by Crippen LogP contribution is 2.37. The molecule has 3 heteroatoms. The summed E-state index contributed by atoms with van der Waals surface area (Å²) in [6.45, 7) is 9.44. The fourth-order valence-electron chi connectivity index (χ4n) is 3.24. The number of hydrogen-bond donors (Lipinski definition) is 1. The van der Waals surface area contributed by atoms with Gasteiger partial charge in [-0.05, 0) is 69.9 Å². The van der Waals surface area contributed by atoms with Gasteiger partial charge in [-0.25, -0.2) is 0 Å². The molecule has 1 saturated heterocycles. The maximum atomic E-state index is 5.98. The van der Waals surface area contributed by atoms with Gasteiger partial charge in [0.1, 0.15) is 5.75 Å². The summed E-state index contributed by atoms with van der Waals surface area (Å²) >= 11 is 0. The number of ether oxygens (including phenoxy) is 1. The molecule has 1 heterocycles. The predicted octanol–water partition coefficient (Wildman–Crippen LogP) is 3.21. The molecular weight excluding hydrogens is 248 g/mol. The van der Waals surface area contributed by atoms with Gasteiger partial charge in [-0.3, -0.25) is 4.90 Å². The SMILES string of the molecule is CCCN1CCC(CN)C1c1cccc(OC(C)C)c1. The van der Waals surface area contributed by atoms with Crippen LogP contribution in [0.15, 0.2) is 24.3 Å². The van der Waals surface area contributed by atoms with Crippen molar-refractivity contribution in [3.8, 4) is 5.75 Å². The first-order valence-electron chi connectivity index (χ1n) is 7.86. The van der Waals surface area contributed by atoms with Gasteiger partial charge in [-0.1, -0.05) is 19.1 Å². The van der Waals surface area contributed by atoms with Gasteiger partial charge in [-0.2, -0.15) is 0 Å². The van der Waals surface area contributed by atoms with Crippen molar-refractivity contribution in [1.82, 2.24) is 4.90 Å². The third-order valence-corrected chi connectivity index (χ3v) is 4.01. The van der Waals surface area contributed by atoms with E-state index in [4.69, 9.17) is 10.5 Å². The second-order valence-corrected chi connectivity index (χ2v) is 6.00. The molecule has 0 amide bonds. The second kappa shape index (κ2) is 7.09. The highest BCUT2D eigenvalue weighted by atomic mass is 16.5. The molecule has 2 N–H and O–H groups in total. The molecule has 1 aliphatic rings. The van der Waals surface area contributed by atoms with Gasteiger partial charge >= 0.3 is 0 Å². The van der Waals surface area contributed by atoms with Crippen LogP contribution < -0.4 is 10.5 Å². The lowest BCUT2D eigenvalue weighted by atomic mass is 9.93. The summed E-state index contributed by atoms with van der Waals surface area (Å²) in [6, 6.07) is 9.01. The molecule has 2 atom stereocenters. The largest absolute Gasteiger partial charge is 0.491 e. The Morgan fingerprint density at radius 3 is 2.85 bits per heavy atom. The maximum Gasteiger partial charge on any atom is 0.120 e. The monoisotopic (exact) mass is 276 g/mol. The smallest absolute Gasteiger partial charge is 0.120 e. The topological polar surface area (TPSA) is 38.5 Å². The number of nitrogens with two attached hydrogens (primary N) is 1. The van der Waals surface area contributed by atoms with Crippen molar-refractivity contribution < 1.29 is 4.74 Å². The zero-order valence-corrected chi connectivity index (χ0v) is 13.0. The van der Waals surface area contributed by atoms with Gasteiger partial charge in [-0.15, -0.1) is 0 Å². The fraction of sp³-hybridized carbons (Fsp3) is 0.647. The minimum atomic E-state index is 0.214. The molecule has 20 heavy (non-hydrogen) atoms. The van der Waals surface area contributed by atoms with Crippen LogP contribution in [0.2, 0.25) is 0 Å². The Morgan fingerprint density at radius 1 is 1.40 bits per heavy atom. The van der Waals surface area contributed by atoms with Crippen LogP contribution in [0, 0.1) is 5.92 Å². The molecule has 1 aromatic carbocycles. The minimum absolute atomic E-state index is 0.214. The van der Waals surface area contributed by atoms with Crippen molar-refractivity contribution in [3.05, 3.63) is 29.8 Å². The normalized spacial score (nSPS) is 23.4. The first-order valence-corrected chi connectivity index (χ1v) is 7.86. The van der Waals surface area contributed by atoms with E-state index in [9.17, 15) is 0 Å². The van der Waals surface area contributed by atoms with E-state index in [2.05, 4.69) is 43.9 Å². The molecule has 1 aliphatic heterocycles. The van der Waals surface area contributed by atoms with Crippen LogP contribution in [0.25, 0.3) is 0 Å². The van der Waals surface area contributed by atoms with Crippen LogP contribution in [-0.4, -0.2) is 30.6 Å². The first-order chi connectivity index (χ1) is 9.65. The van der Waals surface area contributed by atoms with E-state index < -0.39 is 0 Å². The minimum Gasteiger partial charge on any atom is -0.491 e. The number of benzene rings is 1. The van der Waals surface area contributed by atoms with Gasteiger partial charge in [0, 0.05) is 6.04 Å². The van der Waals surface area contributed by atoms with Crippen LogP contribution in [-0.2, 0) is 0 Å². The Morgan fingerprint density at radius 2 is 2.20 bits per heavy atom. The van der Waals surface area contributed by atoms with Gasteiger partial charge in [0.25, 0.3) is 0 Å². The average Bonchev–Trinajstić information content (AvgIpc) is 2.81. The van der Waals surface area contributed by atoms with E-state index in [0.717, 1.165) is 25.4 Å². The van der Waals surface area contributed by atoms with Crippen molar-refractivity contribution in [2.24, 2.45) is 11.7 Å². The quantitative estimate of drug-likeness (QED) is 0.867. The van der Waals surface area contributed by atoms with Crippen LogP contribution >= 0.6 is 0 Å². The van der Waals surface area contributed by atoms with E-state index >= 15 is 0 Å². The summed E-state index contributed by atoms with van der Waals surface area (Å²) in [6.07, 6.45) is 2.61.